The Morgan fingerprint density at radius 1 is 1.11 bits per heavy atom. The highest BCUT2D eigenvalue weighted by atomic mass is 16.7. The molecule has 0 unspecified atom stereocenters. The van der Waals surface area contributed by atoms with Crippen molar-refractivity contribution in [1.29, 1.82) is 0 Å². The second-order valence-electron chi connectivity index (χ2n) is 5.45. The molecule has 138 valence electrons. The van der Waals surface area contributed by atoms with Crippen LogP contribution >= 0.6 is 0 Å². The van der Waals surface area contributed by atoms with E-state index in [0.29, 0.717) is 5.56 Å². The van der Waals surface area contributed by atoms with Gasteiger partial charge in [-0.1, -0.05) is 18.2 Å². The first-order valence-electron chi connectivity index (χ1n) is 7.65. The minimum absolute atomic E-state index is 0.0400. The zero-order valence-corrected chi connectivity index (χ0v) is 14.0. The molecule has 1 N–H and O–H groups in total. The Labute approximate surface area is 151 Å². The summed E-state index contributed by atoms with van der Waals surface area (Å²) in [6.45, 7) is -0.112. The van der Waals surface area contributed by atoms with Crippen LogP contribution in [0.3, 0.4) is 0 Å². The Balaban J connectivity index is 2.05. The van der Waals surface area contributed by atoms with Gasteiger partial charge in [0, 0.05) is 0 Å². The lowest BCUT2D eigenvalue weighted by Gasteiger charge is -2.08. The largest absolute Gasteiger partial charge is 0.513 e. The molecule has 9 nitrogen and oxygen atoms in total. The second-order valence-corrected chi connectivity index (χ2v) is 5.45. The maximum absolute atomic E-state index is 12.7. The van der Waals surface area contributed by atoms with Gasteiger partial charge in [0.25, 0.3) is 5.56 Å². The van der Waals surface area contributed by atoms with Crippen LogP contribution in [0.15, 0.2) is 56.5 Å². The first kappa shape index (κ1) is 17.9. The van der Waals surface area contributed by atoms with Gasteiger partial charge in [-0.05, 0) is 29.8 Å². The molecule has 0 aliphatic heterocycles. The Kier molecular flexibility index (Phi) is 4.75. The van der Waals surface area contributed by atoms with Gasteiger partial charge < -0.3 is 19.0 Å². The van der Waals surface area contributed by atoms with Crippen LogP contribution in [0.2, 0.25) is 0 Å². The van der Waals surface area contributed by atoms with Gasteiger partial charge in [0.2, 0.25) is 0 Å². The molecule has 0 radical (unpaired) electrons. The van der Waals surface area contributed by atoms with E-state index >= 15 is 0 Å². The van der Waals surface area contributed by atoms with Gasteiger partial charge in [-0.3, -0.25) is 4.79 Å². The number of hydrogen-bond acceptors (Lipinski definition) is 7. The molecule has 2 aromatic carbocycles. The number of aromatic nitrogens is 1. The normalized spacial score (nSPS) is 10.6. The van der Waals surface area contributed by atoms with Crippen LogP contribution in [0, 0.1) is 0 Å². The first-order chi connectivity index (χ1) is 12.9. The fourth-order valence-electron chi connectivity index (χ4n) is 2.44. The minimum atomic E-state index is -1.08. The Morgan fingerprint density at radius 3 is 2.44 bits per heavy atom. The third-order valence-electron chi connectivity index (χ3n) is 3.77. The lowest BCUT2D eigenvalue weighted by Crippen LogP contribution is -2.33. The number of fused-ring (bicyclic) bond motifs is 1. The molecular weight excluding hydrogens is 358 g/mol. The van der Waals surface area contributed by atoms with E-state index in [1.807, 2.05) is 0 Å². The number of rotatable bonds is 4. The number of carboxylic acid groups (broad SMARTS) is 1. The Morgan fingerprint density at radius 2 is 1.81 bits per heavy atom. The molecule has 0 spiro atoms. The van der Waals surface area contributed by atoms with Gasteiger partial charge in [0.1, 0.15) is 0 Å². The van der Waals surface area contributed by atoms with E-state index in [-0.39, 0.29) is 28.8 Å². The molecule has 0 atom stereocenters. The van der Waals surface area contributed by atoms with Crippen molar-refractivity contribution >= 4 is 23.1 Å². The molecule has 0 amide bonds. The zero-order chi connectivity index (χ0) is 19.6. The number of carbonyl (C=O) groups excluding carboxylic acids is 1. The summed E-state index contributed by atoms with van der Waals surface area (Å²) in [5.74, 6) is -2.15. The number of methoxy groups -OCH3 is 1. The molecule has 3 rings (SSSR count). The topological polar surface area (TPSA) is 125 Å². The highest BCUT2D eigenvalue weighted by Gasteiger charge is 2.16. The highest BCUT2D eigenvalue weighted by Crippen LogP contribution is 2.22. The molecule has 9 heteroatoms. The fraction of sp³-hybridized carbons (Fsp3) is 0.111. The summed E-state index contributed by atoms with van der Waals surface area (Å²) in [7, 11) is 1.12. The quantitative estimate of drug-likeness (QED) is 0.544. The van der Waals surface area contributed by atoms with Gasteiger partial charge in [0.05, 0.1) is 24.6 Å². The van der Waals surface area contributed by atoms with Crippen molar-refractivity contribution in [3.8, 4) is 5.75 Å². The summed E-state index contributed by atoms with van der Waals surface area (Å²) in [6.07, 6.45) is -1.02. The van der Waals surface area contributed by atoms with E-state index in [9.17, 15) is 19.2 Å². The summed E-state index contributed by atoms with van der Waals surface area (Å²) in [6, 6.07) is 9.98. The monoisotopic (exact) mass is 371 g/mol. The van der Waals surface area contributed by atoms with E-state index in [1.165, 1.54) is 42.5 Å². The van der Waals surface area contributed by atoms with Crippen LogP contribution in [-0.4, -0.2) is 28.9 Å². The Hall–Kier alpha value is -3.88. The average Bonchev–Trinajstić information content (AvgIpc) is 2.66. The molecule has 27 heavy (non-hydrogen) atoms. The summed E-state index contributed by atoms with van der Waals surface area (Å²) < 4.78 is 15.3. The number of nitrogens with zero attached hydrogens (tertiary/aromatic N) is 1. The number of carboxylic acids is 1. The van der Waals surface area contributed by atoms with E-state index < -0.39 is 23.4 Å². The molecular formula is C18H13NO8. The predicted molar refractivity (Wildman–Crippen MR) is 92.3 cm³/mol. The standard InChI is InChI=1S/C18H13NO8/c1-25-18(24)26-13-4-2-3-12-14(13)27-17(23)19(15(12)20)9-10-5-7-11(8-6-10)16(21)22/h2-8H,9H2,1H3,(H,21,22). The van der Waals surface area contributed by atoms with E-state index in [4.69, 9.17) is 14.3 Å². The number of hydrogen-bond donors (Lipinski definition) is 1. The SMILES string of the molecule is COC(=O)Oc1cccc2c(=O)n(Cc3ccc(C(=O)O)cc3)c(=O)oc12. The maximum atomic E-state index is 12.7. The van der Waals surface area contributed by atoms with Crippen molar-refractivity contribution in [2.24, 2.45) is 0 Å². The number of carbonyl (C=O) groups is 2. The lowest BCUT2D eigenvalue weighted by atomic mass is 10.1. The van der Waals surface area contributed by atoms with Crippen LogP contribution in [0.5, 0.6) is 5.75 Å². The van der Waals surface area contributed by atoms with Gasteiger partial charge in [-0.25, -0.2) is 19.0 Å². The molecule has 0 saturated heterocycles. The third-order valence-corrected chi connectivity index (χ3v) is 3.77. The molecule has 0 aliphatic carbocycles. The number of ether oxygens (including phenoxy) is 2. The molecule has 0 bridgehead atoms. The molecule has 1 aromatic heterocycles. The van der Waals surface area contributed by atoms with E-state index in [2.05, 4.69) is 4.74 Å². The molecule has 0 aliphatic rings. The number of aromatic carboxylic acids is 1. The molecule has 3 aromatic rings. The summed E-state index contributed by atoms with van der Waals surface area (Å²) in [5.41, 5.74) is -0.189. The Bertz CT molecular complexity index is 1140. The third kappa shape index (κ3) is 3.56. The van der Waals surface area contributed by atoms with Crippen molar-refractivity contribution in [2.75, 3.05) is 7.11 Å². The van der Waals surface area contributed by atoms with Gasteiger partial charge in [-0.15, -0.1) is 0 Å². The first-order valence-corrected chi connectivity index (χ1v) is 7.65. The smallest absolute Gasteiger partial charge is 0.478 e. The van der Waals surface area contributed by atoms with Crippen LogP contribution in [0.25, 0.3) is 11.0 Å². The van der Waals surface area contributed by atoms with Crippen molar-refractivity contribution in [3.05, 3.63) is 74.5 Å². The minimum Gasteiger partial charge on any atom is -0.478 e. The van der Waals surface area contributed by atoms with Crippen LogP contribution < -0.4 is 16.1 Å². The van der Waals surface area contributed by atoms with E-state index in [1.54, 1.807) is 0 Å². The van der Waals surface area contributed by atoms with Crippen molar-refractivity contribution < 1.29 is 28.6 Å². The highest BCUT2D eigenvalue weighted by molar-refractivity contribution is 5.87. The lowest BCUT2D eigenvalue weighted by molar-refractivity contribution is 0.0696. The fourth-order valence-corrected chi connectivity index (χ4v) is 2.44. The predicted octanol–water partition coefficient (Wildman–Crippen LogP) is 1.85. The molecule has 0 fully saturated rings. The van der Waals surface area contributed by atoms with Gasteiger partial charge >= 0.3 is 17.9 Å². The van der Waals surface area contributed by atoms with Crippen molar-refractivity contribution in [3.63, 3.8) is 0 Å². The number of para-hydroxylation sites is 1. The van der Waals surface area contributed by atoms with E-state index in [0.717, 1.165) is 11.7 Å². The zero-order valence-electron chi connectivity index (χ0n) is 14.0. The summed E-state index contributed by atoms with van der Waals surface area (Å²) in [4.78, 5) is 47.1. The molecule has 0 saturated carbocycles. The van der Waals surface area contributed by atoms with Gasteiger partial charge in [-0.2, -0.15) is 0 Å². The van der Waals surface area contributed by atoms with Crippen molar-refractivity contribution in [1.82, 2.24) is 4.57 Å². The average molecular weight is 371 g/mol. The maximum Gasteiger partial charge on any atom is 0.513 e. The molecule has 1 heterocycles. The summed E-state index contributed by atoms with van der Waals surface area (Å²) >= 11 is 0. The van der Waals surface area contributed by atoms with Gasteiger partial charge in [0.15, 0.2) is 11.3 Å². The summed E-state index contributed by atoms with van der Waals surface area (Å²) in [5, 5.41) is 8.95. The van der Waals surface area contributed by atoms with Crippen LogP contribution in [0.4, 0.5) is 4.79 Å². The number of benzene rings is 2. The van der Waals surface area contributed by atoms with Crippen molar-refractivity contribution in [2.45, 2.75) is 6.54 Å². The van der Waals surface area contributed by atoms with Crippen LogP contribution in [-0.2, 0) is 11.3 Å². The second kappa shape index (κ2) is 7.16. The van der Waals surface area contributed by atoms with Crippen LogP contribution in [0.1, 0.15) is 15.9 Å².